The van der Waals surface area contributed by atoms with E-state index in [0.717, 1.165) is 6.54 Å². The average molecular weight is 366 g/mol. The van der Waals surface area contributed by atoms with Gasteiger partial charge in [-0.25, -0.2) is 8.78 Å². The SMILES string of the molecule is Cc1c(CN2CCN(C(=O)[O-])CC2)cccc1CN1CCC(F)(F)CC1. The molecule has 144 valence electrons. The van der Waals surface area contributed by atoms with Crippen LogP contribution in [0.1, 0.15) is 29.5 Å². The van der Waals surface area contributed by atoms with Gasteiger partial charge in [0.15, 0.2) is 0 Å². The molecule has 26 heavy (non-hydrogen) atoms. The van der Waals surface area contributed by atoms with E-state index in [-0.39, 0.29) is 12.8 Å². The smallest absolute Gasteiger partial charge is 0.250 e. The molecule has 0 atom stereocenters. The fourth-order valence-electron chi connectivity index (χ4n) is 3.69. The predicted octanol–water partition coefficient (Wildman–Crippen LogP) is 1.69. The van der Waals surface area contributed by atoms with Gasteiger partial charge in [-0.2, -0.15) is 0 Å². The minimum absolute atomic E-state index is 0.0611. The number of piperidine rings is 1. The minimum atomic E-state index is -2.51. The van der Waals surface area contributed by atoms with Gasteiger partial charge in [-0.15, -0.1) is 0 Å². The maximum Gasteiger partial charge on any atom is 0.250 e. The molecule has 0 aromatic heterocycles. The van der Waals surface area contributed by atoms with E-state index in [9.17, 15) is 18.7 Å². The molecule has 1 amide bonds. The van der Waals surface area contributed by atoms with E-state index in [1.54, 1.807) is 0 Å². The van der Waals surface area contributed by atoms with Crippen LogP contribution in [-0.4, -0.2) is 66.0 Å². The number of hydrogen-bond donors (Lipinski definition) is 0. The largest absolute Gasteiger partial charge is 0.530 e. The zero-order valence-electron chi connectivity index (χ0n) is 15.2. The topological polar surface area (TPSA) is 49.9 Å². The quantitative estimate of drug-likeness (QED) is 0.814. The van der Waals surface area contributed by atoms with Crippen LogP contribution in [0.25, 0.3) is 0 Å². The summed E-state index contributed by atoms with van der Waals surface area (Å²) in [5.41, 5.74) is 3.60. The lowest BCUT2D eigenvalue weighted by atomic mass is 9.99. The van der Waals surface area contributed by atoms with E-state index in [0.29, 0.717) is 45.8 Å². The van der Waals surface area contributed by atoms with Crippen molar-refractivity contribution in [3.05, 3.63) is 34.9 Å². The molecule has 2 fully saturated rings. The summed E-state index contributed by atoms with van der Waals surface area (Å²) in [7, 11) is 0. The molecule has 3 rings (SSSR count). The third-order valence-electron chi connectivity index (χ3n) is 5.56. The van der Waals surface area contributed by atoms with E-state index in [2.05, 4.69) is 28.9 Å². The Morgan fingerprint density at radius 2 is 1.50 bits per heavy atom. The number of nitrogens with zero attached hydrogens (tertiary/aromatic N) is 3. The van der Waals surface area contributed by atoms with Crippen molar-refractivity contribution in [3.63, 3.8) is 0 Å². The third kappa shape index (κ3) is 4.71. The van der Waals surface area contributed by atoms with Crippen molar-refractivity contribution in [1.82, 2.24) is 14.7 Å². The number of alkyl halides is 2. The van der Waals surface area contributed by atoms with Gasteiger partial charge in [-0.1, -0.05) is 18.2 Å². The molecular weight excluding hydrogens is 340 g/mol. The molecule has 0 unspecified atom stereocenters. The van der Waals surface area contributed by atoms with E-state index in [1.165, 1.54) is 21.6 Å². The highest BCUT2D eigenvalue weighted by atomic mass is 19.3. The first-order chi connectivity index (χ1) is 12.3. The molecule has 0 spiro atoms. The molecular formula is C19H26F2N3O2-. The van der Waals surface area contributed by atoms with E-state index in [1.807, 2.05) is 6.07 Å². The predicted molar refractivity (Wildman–Crippen MR) is 92.9 cm³/mol. The number of benzene rings is 1. The summed E-state index contributed by atoms with van der Waals surface area (Å²) < 4.78 is 26.6. The van der Waals surface area contributed by atoms with Gasteiger partial charge in [0.25, 0.3) is 5.92 Å². The molecule has 0 bridgehead atoms. The fourth-order valence-corrected chi connectivity index (χ4v) is 3.69. The van der Waals surface area contributed by atoms with E-state index in [4.69, 9.17) is 0 Å². The number of carbonyl (C=O) groups excluding carboxylic acids is 1. The summed E-state index contributed by atoms with van der Waals surface area (Å²) in [6.45, 7) is 6.76. The van der Waals surface area contributed by atoms with Crippen molar-refractivity contribution in [2.45, 2.75) is 38.8 Å². The molecule has 0 saturated carbocycles. The van der Waals surface area contributed by atoms with Crippen LogP contribution in [0, 0.1) is 6.92 Å². The number of rotatable bonds is 4. The van der Waals surface area contributed by atoms with Crippen molar-refractivity contribution in [2.75, 3.05) is 39.3 Å². The third-order valence-corrected chi connectivity index (χ3v) is 5.56. The van der Waals surface area contributed by atoms with Gasteiger partial charge in [0.05, 0.1) is 0 Å². The zero-order chi connectivity index (χ0) is 18.7. The lowest BCUT2D eigenvalue weighted by molar-refractivity contribution is -0.266. The number of carboxylic acid groups (broad SMARTS) is 1. The Morgan fingerprint density at radius 3 is 2.00 bits per heavy atom. The number of piperazine rings is 1. The molecule has 2 aliphatic heterocycles. The normalized spacial score (nSPS) is 21.7. The maximum atomic E-state index is 13.3. The summed E-state index contributed by atoms with van der Waals surface area (Å²) in [5, 5.41) is 10.9. The number of hydrogen-bond acceptors (Lipinski definition) is 4. The zero-order valence-corrected chi connectivity index (χ0v) is 15.2. The van der Waals surface area contributed by atoms with Crippen molar-refractivity contribution >= 4 is 6.09 Å². The highest BCUT2D eigenvalue weighted by Crippen LogP contribution is 2.29. The Hall–Kier alpha value is -1.73. The second kappa shape index (κ2) is 7.88. The molecule has 2 saturated heterocycles. The van der Waals surface area contributed by atoms with Crippen LogP contribution in [0.4, 0.5) is 13.6 Å². The first-order valence-electron chi connectivity index (χ1n) is 9.20. The molecule has 1 aromatic rings. The highest BCUT2D eigenvalue weighted by Gasteiger charge is 2.33. The van der Waals surface area contributed by atoms with Gasteiger partial charge in [0.2, 0.25) is 0 Å². The maximum absolute atomic E-state index is 13.3. The van der Waals surface area contributed by atoms with Gasteiger partial charge >= 0.3 is 0 Å². The van der Waals surface area contributed by atoms with Gasteiger partial charge in [-0.05, 0) is 23.6 Å². The van der Waals surface area contributed by atoms with Crippen molar-refractivity contribution < 1.29 is 18.7 Å². The lowest BCUT2D eigenvalue weighted by Gasteiger charge is -2.36. The highest BCUT2D eigenvalue weighted by molar-refractivity contribution is 5.62. The molecule has 1 aromatic carbocycles. The van der Waals surface area contributed by atoms with E-state index < -0.39 is 12.0 Å². The number of carbonyl (C=O) groups is 1. The minimum Gasteiger partial charge on any atom is -0.530 e. The van der Waals surface area contributed by atoms with Crippen LogP contribution in [0.5, 0.6) is 0 Å². The summed E-state index contributed by atoms with van der Waals surface area (Å²) in [5.74, 6) is -2.51. The molecule has 2 aliphatic rings. The lowest BCUT2D eigenvalue weighted by Crippen LogP contribution is -2.52. The van der Waals surface area contributed by atoms with Crippen LogP contribution in [0.15, 0.2) is 18.2 Å². The standard InChI is InChI=1S/C19H27F2N3O2/c1-15-16(13-22-7-5-19(20,21)6-8-22)3-2-4-17(15)14-23-9-11-24(12-10-23)18(25)26/h2-4H,5-14H2,1H3,(H,25,26)/p-1. The van der Waals surface area contributed by atoms with Gasteiger partial charge in [0.1, 0.15) is 6.09 Å². The number of amides is 1. The molecule has 0 radical (unpaired) electrons. The Morgan fingerprint density at radius 1 is 1.00 bits per heavy atom. The monoisotopic (exact) mass is 366 g/mol. The molecule has 7 heteroatoms. The Kier molecular flexibility index (Phi) is 5.77. The van der Waals surface area contributed by atoms with Crippen molar-refractivity contribution in [2.24, 2.45) is 0 Å². The van der Waals surface area contributed by atoms with Crippen LogP contribution in [0.3, 0.4) is 0 Å². The Bertz CT molecular complexity index is 636. The fraction of sp³-hybridized carbons (Fsp3) is 0.632. The van der Waals surface area contributed by atoms with Gasteiger partial charge < -0.3 is 14.8 Å². The van der Waals surface area contributed by atoms with Gasteiger partial charge in [-0.3, -0.25) is 9.80 Å². The molecule has 5 nitrogen and oxygen atoms in total. The second-order valence-electron chi connectivity index (χ2n) is 7.36. The molecule has 0 aliphatic carbocycles. The molecule has 0 N–H and O–H groups in total. The second-order valence-corrected chi connectivity index (χ2v) is 7.36. The summed E-state index contributed by atoms with van der Waals surface area (Å²) >= 11 is 0. The van der Waals surface area contributed by atoms with E-state index >= 15 is 0 Å². The van der Waals surface area contributed by atoms with Gasteiger partial charge in [0, 0.05) is 65.2 Å². The molecule has 2 heterocycles. The van der Waals surface area contributed by atoms with Crippen molar-refractivity contribution in [1.29, 1.82) is 0 Å². The first kappa shape index (κ1) is 19.0. The Labute approximate surface area is 153 Å². The summed E-state index contributed by atoms with van der Waals surface area (Å²) in [6.07, 6.45) is -1.22. The Balaban J connectivity index is 1.58. The summed E-state index contributed by atoms with van der Waals surface area (Å²) in [6, 6.07) is 6.18. The van der Waals surface area contributed by atoms with Crippen LogP contribution >= 0.6 is 0 Å². The van der Waals surface area contributed by atoms with Crippen molar-refractivity contribution in [3.8, 4) is 0 Å². The average Bonchev–Trinajstić information content (AvgIpc) is 2.60. The first-order valence-corrected chi connectivity index (χ1v) is 9.20. The van der Waals surface area contributed by atoms with Crippen LogP contribution in [-0.2, 0) is 13.1 Å². The summed E-state index contributed by atoms with van der Waals surface area (Å²) in [4.78, 5) is 16.6. The number of likely N-dealkylation sites (tertiary alicyclic amines) is 1. The van der Waals surface area contributed by atoms with Crippen LogP contribution in [0.2, 0.25) is 0 Å². The van der Waals surface area contributed by atoms with Crippen LogP contribution < -0.4 is 5.11 Å². The number of halogens is 2.